The van der Waals surface area contributed by atoms with E-state index in [9.17, 15) is 9.59 Å². The van der Waals surface area contributed by atoms with Crippen molar-refractivity contribution in [2.75, 3.05) is 12.1 Å². The highest BCUT2D eigenvalue weighted by atomic mass is 16.7. The third kappa shape index (κ3) is 3.17. The molecule has 0 unspecified atom stereocenters. The molecule has 130 valence electrons. The Balaban J connectivity index is 1.41. The molecule has 2 N–H and O–H groups in total. The van der Waals surface area contributed by atoms with Crippen molar-refractivity contribution in [2.24, 2.45) is 0 Å². The maximum atomic E-state index is 12.2. The van der Waals surface area contributed by atoms with Crippen LogP contribution in [-0.2, 0) is 16.1 Å². The van der Waals surface area contributed by atoms with Crippen LogP contribution in [0.25, 0.3) is 10.8 Å². The second-order valence-electron chi connectivity index (χ2n) is 5.85. The molecule has 2 amide bonds. The first-order chi connectivity index (χ1) is 12.7. The van der Waals surface area contributed by atoms with Gasteiger partial charge in [-0.3, -0.25) is 9.59 Å². The van der Waals surface area contributed by atoms with Crippen LogP contribution in [0.4, 0.5) is 5.69 Å². The largest absolute Gasteiger partial charge is 0.454 e. The smallest absolute Gasteiger partial charge is 0.313 e. The van der Waals surface area contributed by atoms with Crippen LogP contribution in [0.3, 0.4) is 0 Å². The van der Waals surface area contributed by atoms with Crippen LogP contribution in [-0.4, -0.2) is 18.6 Å². The molecule has 0 aliphatic carbocycles. The number of hydrogen-bond donors (Lipinski definition) is 2. The number of anilines is 1. The Kier molecular flexibility index (Phi) is 4.15. The van der Waals surface area contributed by atoms with E-state index in [2.05, 4.69) is 10.6 Å². The molecule has 26 heavy (non-hydrogen) atoms. The number of carbonyl (C=O) groups is 2. The van der Waals surface area contributed by atoms with Gasteiger partial charge in [0.2, 0.25) is 6.79 Å². The summed E-state index contributed by atoms with van der Waals surface area (Å²) in [7, 11) is 0. The quantitative estimate of drug-likeness (QED) is 0.714. The van der Waals surface area contributed by atoms with E-state index in [1.165, 1.54) is 0 Å². The van der Waals surface area contributed by atoms with E-state index in [1.807, 2.05) is 42.5 Å². The molecule has 6 heteroatoms. The predicted molar refractivity (Wildman–Crippen MR) is 97.0 cm³/mol. The van der Waals surface area contributed by atoms with Crippen molar-refractivity contribution in [2.45, 2.75) is 6.54 Å². The van der Waals surface area contributed by atoms with Gasteiger partial charge in [0.15, 0.2) is 11.5 Å². The minimum Gasteiger partial charge on any atom is -0.454 e. The highest BCUT2D eigenvalue weighted by Gasteiger charge is 2.16. The molecule has 4 rings (SSSR count). The van der Waals surface area contributed by atoms with Crippen LogP contribution in [0, 0.1) is 0 Å². The zero-order valence-corrected chi connectivity index (χ0v) is 13.8. The zero-order valence-electron chi connectivity index (χ0n) is 13.8. The first-order valence-corrected chi connectivity index (χ1v) is 8.16. The van der Waals surface area contributed by atoms with E-state index in [0.717, 1.165) is 16.3 Å². The summed E-state index contributed by atoms with van der Waals surface area (Å²) < 4.78 is 10.5. The van der Waals surface area contributed by atoms with Crippen LogP contribution in [0.15, 0.2) is 60.7 Å². The number of amides is 2. The number of nitrogens with one attached hydrogen (secondary N) is 2. The first kappa shape index (κ1) is 16.0. The standard InChI is InChI=1S/C20H16N2O4/c23-19(21-11-13-8-9-17-18(10-13)26-12-25-17)20(24)22-16-7-3-5-14-4-1-2-6-15(14)16/h1-10H,11-12H2,(H,21,23)(H,22,24). The maximum Gasteiger partial charge on any atom is 0.313 e. The lowest BCUT2D eigenvalue weighted by atomic mass is 10.1. The first-order valence-electron chi connectivity index (χ1n) is 8.16. The molecule has 0 fully saturated rings. The van der Waals surface area contributed by atoms with E-state index >= 15 is 0 Å². The SMILES string of the molecule is O=C(NCc1ccc2c(c1)OCO2)C(=O)Nc1cccc2ccccc12. The molecule has 0 bridgehead atoms. The van der Waals surface area contributed by atoms with Crippen molar-refractivity contribution in [3.63, 3.8) is 0 Å². The van der Waals surface area contributed by atoms with E-state index < -0.39 is 11.8 Å². The summed E-state index contributed by atoms with van der Waals surface area (Å²) in [4.78, 5) is 24.3. The molecule has 0 radical (unpaired) electrons. The molecule has 0 spiro atoms. The van der Waals surface area contributed by atoms with Crippen LogP contribution < -0.4 is 20.1 Å². The molecule has 3 aromatic rings. The van der Waals surface area contributed by atoms with Gasteiger partial charge in [-0.1, -0.05) is 42.5 Å². The van der Waals surface area contributed by atoms with Crippen LogP contribution in [0.5, 0.6) is 11.5 Å². The van der Waals surface area contributed by atoms with E-state index in [1.54, 1.807) is 18.2 Å². The van der Waals surface area contributed by atoms with Gasteiger partial charge in [0.05, 0.1) is 0 Å². The second kappa shape index (κ2) is 6.76. The Morgan fingerprint density at radius 2 is 1.69 bits per heavy atom. The highest BCUT2D eigenvalue weighted by Crippen LogP contribution is 2.32. The Bertz CT molecular complexity index is 995. The molecular formula is C20H16N2O4. The van der Waals surface area contributed by atoms with Gasteiger partial charge in [0, 0.05) is 17.6 Å². The van der Waals surface area contributed by atoms with Gasteiger partial charge in [-0.25, -0.2) is 0 Å². The summed E-state index contributed by atoms with van der Waals surface area (Å²) in [6.45, 7) is 0.414. The van der Waals surface area contributed by atoms with E-state index in [4.69, 9.17) is 9.47 Å². The van der Waals surface area contributed by atoms with Crippen molar-refractivity contribution in [1.29, 1.82) is 0 Å². The Labute approximate surface area is 149 Å². The third-order valence-electron chi connectivity index (χ3n) is 4.13. The molecule has 0 atom stereocenters. The van der Waals surface area contributed by atoms with Crippen molar-refractivity contribution in [1.82, 2.24) is 5.32 Å². The minimum absolute atomic E-state index is 0.193. The molecule has 1 heterocycles. The fourth-order valence-electron chi connectivity index (χ4n) is 2.83. The lowest BCUT2D eigenvalue weighted by Crippen LogP contribution is -2.35. The van der Waals surface area contributed by atoms with E-state index in [-0.39, 0.29) is 13.3 Å². The Morgan fingerprint density at radius 1 is 0.885 bits per heavy atom. The third-order valence-corrected chi connectivity index (χ3v) is 4.13. The molecule has 1 aliphatic rings. The number of fused-ring (bicyclic) bond motifs is 2. The van der Waals surface area contributed by atoms with Crippen molar-refractivity contribution < 1.29 is 19.1 Å². The lowest BCUT2D eigenvalue weighted by molar-refractivity contribution is -0.136. The predicted octanol–water partition coefficient (Wildman–Crippen LogP) is 2.82. The van der Waals surface area contributed by atoms with E-state index in [0.29, 0.717) is 17.2 Å². The van der Waals surface area contributed by atoms with Crippen molar-refractivity contribution in [3.8, 4) is 11.5 Å². The summed E-state index contributed by atoms with van der Waals surface area (Å²) >= 11 is 0. The summed E-state index contributed by atoms with van der Waals surface area (Å²) in [6, 6.07) is 18.6. The van der Waals surface area contributed by atoms with Gasteiger partial charge in [-0.15, -0.1) is 0 Å². The van der Waals surface area contributed by atoms with Crippen molar-refractivity contribution >= 4 is 28.3 Å². The summed E-state index contributed by atoms with van der Waals surface area (Å²) in [5, 5.41) is 7.15. The van der Waals surface area contributed by atoms with Crippen molar-refractivity contribution in [3.05, 3.63) is 66.2 Å². The van der Waals surface area contributed by atoms with Gasteiger partial charge in [0.1, 0.15) is 0 Å². The molecular weight excluding hydrogens is 332 g/mol. The minimum atomic E-state index is -0.706. The average molecular weight is 348 g/mol. The van der Waals surface area contributed by atoms with Crippen LogP contribution in [0.1, 0.15) is 5.56 Å². The summed E-state index contributed by atoms with van der Waals surface area (Å²) in [5.74, 6) is -0.0940. The molecule has 0 saturated heterocycles. The Morgan fingerprint density at radius 3 is 2.62 bits per heavy atom. The van der Waals surface area contributed by atoms with Gasteiger partial charge in [0.25, 0.3) is 0 Å². The zero-order chi connectivity index (χ0) is 17.9. The van der Waals surface area contributed by atoms with Gasteiger partial charge in [-0.2, -0.15) is 0 Å². The Hall–Kier alpha value is -3.54. The maximum absolute atomic E-state index is 12.2. The summed E-state index contributed by atoms with van der Waals surface area (Å²) in [6.07, 6.45) is 0. The molecule has 3 aromatic carbocycles. The van der Waals surface area contributed by atoms with Gasteiger partial charge < -0.3 is 20.1 Å². The number of hydrogen-bond acceptors (Lipinski definition) is 4. The fourth-order valence-corrected chi connectivity index (χ4v) is 2.83. The van der Waals surface area contributed by atoms with Gasteiger partial charge >= 0.3 is 11.8 Å². The summed E-state index contributed by atoms with van der Waals surface area (Å²) in [5.41, 5.74) is 1.42. The van der Waals surface area contributed by atoms with Crippen LogP contribution >= 0.6 is 0 Å². The highest BCUT2D eigenvalue weighted by molar-refractivity contribution is 6.40. The molecule has 0 saturated carbocycles. The average Bonchev–Trinajstić information content (AvgIpc) is 3.14. The normalized spacial score (nSPS) is 12.0. The fraction of sp³-hybridized carbons (Fsp3) is 0.100. The molecule has 0 aromatic heterocycles. The monoisotopic (exact) mass is 348 g/mol. The number of rotatable bonds is 3. The lowest BCUT2D eigenvalue weighted by Gasteiger charge is -2.09. The second-order valence-corrected chi connectivity index (χ2v) is 5.85. The number of ether oxygens (including phenoxy) is 2. The number of benzene rings is 3. The number of carbonyl (C=O) groups excluding carboxylic acids is 2. The molecule has 1 aliphatic heterocycles. The van der Waals surface area contributed by atoms with Crippen LogP contribution in [0.2, 0.25) is 0 Å². The molecule has 6 nitrogen and oxygen atoms in total. The van der Waals surface area contributed by atoms with Gasteiger partial charge in [-0.05, 0) is 29.1 Å². The topological polar surface area (TPSA) is 76.7 Å².